The van der Waals surface area contributed by atoms with Crippen molar-refractivity contribution >= 4 is 10.0 Å². The lowest BCUT2D eigenvalue weighted by atomic mass is 10.1. The van der Waals surface area contributed by atoms with E-state index >= 15 is 0 Å². The maximum Gasteiger partial charge on any atom is 0.240 e. The molecule has 0 amide bonds. The van der Waals surface area contributed by atoms with Gasteiger partial charge in [0.05, 0.1) is 4.90 Å². The van der Waals surface area contributed by atoms with Gasteiger partial charge >= 0.3 is 0 Å². The Morgan fingerprint density at radius 3 is 2.38 bits per heavy atom. The van der Waals surface area contributed by atoms with Crippen molar-refractivity contribution in [3.8, 4) is 0 Å². The number of sulfonamides is 1. The van der Waals surface area contributed by atoms with Gasteiger partial charge in [0.1, 0.15) is 0 Å². The average Bonchev–Trinajstić information content (AvgIpc) is 2.39. The van der Waals surface area contributed by atoms with E-state index in [2.05, 4.69) is 10.0 Å². The van der Waals surface area contributed by atoms with E-state index in [-0.39, 0.29) is 5.54 Å². The number of rotatable bonds is 7. The Kier molecular flexibility index (Phi) is 5.92. The van der Waals surface area contributed by atoms with Crippen LogP contribution < -0.4 is 10.0 Å². The van der Waals surface area contributed by atoms with Gasteiger partial charge in [-0.25, -0.2) is 13.1 Å². The Morgan fingerprint density at radius 1 is 1.24 bits per heavy atom. The number of nitrogens with one attached hydrogen (secondary N) is 2. The highest BCUT2D eigenvalue weighted by Crippen LogP contribution is 2.18. The van der Waals surface area contributed by atoms with Crippen molar-refractivity contribution in [2.45, 2.75) is 37.8 Å². The molecular formula is C15H27N3O2S. The number of likely N-dealkylation sites (N-methyl/N-ethyl adjacent to an activating group) is 1. The van der Waals surface area contributed by atoms with Crippen molar-refractivity contribution in [3.63, 3.8) is 0 Å². The molecule has 0 spiro atoms. The Labute approximate surface area is 128 Å². The van der Waals surface area contributed by atoms with E-state index in [9.17, 15) is 8.42 Å². The summed E-state index contributed by atoms with van der Waals surface area (Å²) in [6, 6.07) is 5.52. The number of benzene rings is 1. The molecule has 0 radical (unpaired) electrons. The molecule has 0 aliphatic rings. The van der Waals surface area contributed by atoms with Crippen LogP contribution in [0.1, 0.15) is 25.0 Å². The zero-order valence-corrected chi connectivity index (χ0v) is 14.6. The van der Waals surface area contributed by atoms with Gasteiger partial charge in [-0.2, -0.15) is 0 Å². The van der Waals surface area contributed by atoms with Crippen LogP contribution in [0.4, 0.5) is 0 Å². The van der Waals surface area contributed by atoms with E-state index in [1.165, 1.54) is 0 Å². The van der Waals surface area contributed by atoms with Crippen molar-refractivity contribution in [1.82, 2.24) is 14.9 Å². The Balaban J connectivity index is 3.00. The maximum absolute atomic E-state index is 12.5. The molecule has 1 rings (SSSR count). The van der Waals surface area contributed by atoms with Crippen LogP contribution in [0.25, 0.3) is 0 Å². The highest BCUT2D eigenvalue weighted by atomic mass is 32.2. The predicted molar refractivity (Wildman–Crippen MR) is 86.9 cm³/mol. The first kappa shape index (κ1) is 18.1. The highest BCUT2D eigenvalue weighted by Gasteiger charge is 2.25. The quantitative estimate of drug-likeness (QED) is 0.797. The van der Waals surface area contributed by atoms with Crippen LogP contribution in [0, 0.1) is 6.92 Å². The molecule has 21 heavy (non-hydrogen) atoms. The second-order valence-electron chi connectivity index (χ2n) is 6.16. The first-order valence-electron chi connectivity index (χ1n) is 7.01. The number of aryl methyl sites for hydroxylation is 1. The Bertz CT molecular complexity index is 581. The highest BCUT2D eigenvalue weighted by molar-refractivity contribution is 7.89. The summed E-state index contributed by atoms with van der Waals surface area (Å²) < 4.78 is 27.8. The van der Waals surface area contributed by atoms with Gasteiger partial charge < -0.3 is 10.2 Å². The maximum atomic E-state index is 12.5. The first-order valence-corrected chi connectivity index (χ1v) is 8.50. The number of nitrogens with zero attached hydrogens (tertiary/aromatic N) is 1. The molecule has 2 N–H and O–H groups in total. The van der Waals surface area contributed by atoms with Crippen LogP contribution in [0.2, 0.25) is 0 Å². The summed E-state index contributed by atoms with van der Waals surface area (Å²) in [6.07, 6.45) is 0. The monoisotopic (exact) mass is 313 g/mol. The van der Waals surface area contributed by atoms with Gasteiger partial charge in [0.25, 0.3) is 0 Å². The zero-order valence-electron chi connectivity index (χ0n) is 13.8. The van der Waals surface area contributed by atoms with Gasteiger partial charge in [-0.15, -0.1) is 0 Å². The van der Waals surface area contributed by atoms with Crippen molar-refractivity contribution in [2.24, 2.45) is 0 Å². The van der Waals surface area contributed by atoms with E-state index in [1.807, 2.05) is 58.9 Å². The Morgan fingerprint density at radius 2 is 1.86 bits per heavy atom. The summed E-state index contributed by atoms with van der Waals surface area (Å²) in [6.45, 7) is 6.82. The summed E-state index contributed by atoms with van der Waals surface area (Å²) in [7, 11) is 2.21. The van der Waals surface area contributed by atoms with Crippen molar-refractivity contribution < 1.29 is 8.42 Å². The van der Waals surface area contributed by atoms with Crippen molar-refractivity contribution in [1.29, 1.82) is 0 Å². The van der Waals surface area contributed by atoms with Crippen LogP contribution >= 0.6 is 0 Å². The lowest BCUT2D eigenvalue weighted by molar-refractivity contribution is 0.199. The lowest BCUT2D eigenvalue weighted by Gasteiger charge is -2.32. The largest absolute Gasteiger partial charge is 0.316 e. The summed E-state index contributed by atoms with van der Waals surface area (Å²) in [4.78, 5) is 2.35. The normalized spacial score (nSPS) is 12.9. The van der Waals surface area contributed by atoms with Crippen molar-refractivity contribution in [3.05, 3.63) is 29.3 Å². The summed E-state index contributed by atoms with van der Waals surface area (Å²) in [5, 5.41) is 3.03. The third-order valence-corrected chi connectivity index (χ3v) is 5.37. The smallest absolute Gasteiger partial charge is 0.240 e. The topological polar surface area (TPSA) is 61.4 Å². The second kappa shape index (κ2) is 6.87. The second-order valence-corrected chi connectivity index (χ2v) is 7.90. The molecule has 0 saturated carbocycles. The molecular weight excluding hydrogens is 286 g/mol. The molecule has 0 bridgehead atoms. The minimum absolute atomic E-state index is 0.246. The van der Waals surface area contributed by atoms with Gasteiger partial charge in [0.2, 0.25) is 10.0 Å². The van der Waals surface area contributed by atoms with Crippen molar-refractivity contribution in [2.75, 3.05) is 27.7 Å². The fraction of sp³-hybridized carbons (Fsp3) is 0.600. The van der Waals surface area contributed by atoms with Gasteiger partial charge in [-0.3, -0.25) is 0 Å². The van der Waals surface area contributed by atoms with Gasteiger partial charge in [0.15, 0.2) is 0 Å². The van der Waals surface area contributed by atoms with Crippen LogP contribution in [0.3, 0.4) is 0 Å². The molecule has 6 heteroatoms. The zero-order chi connectivity index (χ0) is 16.3. The SMILES string of the molecule is CNCc1ccc(C)c(S(=O)(=O)NCC(C)(C)N(C)C)c1. The molecule has 1 aromatic rings. The predicted octanol–water partition coefficient (Wildman–Crippen LogP) is 1.33. The van der Waals surface area contributed by atoms with E-state index < -0.39 is 10.0 Å². The van der Waals surface area contributed by atoms with Gasteiger partial charge in [-0.05, 0) is 59.1 Å². The molecule has 0 heterocycles. The summed E-state index contributed by atoms with van der Waals surface area (Å²) in [5.41, 5.74) is 1.46. The summed E-state index contributed by atoms with van der Waals surface area (Å²) in [5.74, 6) is 0. The number of hydrogen-bond acceptors (Lipinski definition) is 4. The van der Waals surface area contributed by atoms with E-state index in [0.29, 0.717) is 18.0 Å². The Hall–Kier alpha value is -0.950. The molecule has 5 nitrogen and oxygen atoms in total. The molecule has 0 aromatic heterocycles. The minimum atomic E-state index is -3.50. The molecule has 0 atom stereocenters. The fourth-order valence-electron chi connectivity index (χ4n) is 1.76. The summed E-state index contributed by atoms with van der Waals surface area (Å²) >= 11 is 0. The molecule has 120 valence electrons. The molecule has 0 fully saturated rings. The minimum Gasteiger partial charge on any atom is -0.316 e. The van der Waals surface area contributed by atoms with Gasteiger partial charge in [-0.1, -0.05) is 12.1 Å². The van der Waals surface area contributed by atoms with Gasteiger partial charge in [0, 0.05) is 18.6 Å². The molecule has 0 unspecified atom stereocenters. The van der Waals surface area contributed by atoms with E-state index in [4.69, 9.17) is 0 Å². The third kappa shape index (κ3) is 4.78. The molecule has 0 aliphatic heterocycles. The fourth-order valence-corrected chi connectivity index (χ4v) is 3.25. The van der Waals surface area contributed by atoms with E-state index in [1.54, 1.807) is 6.07 Å². The van der Waals surface area contributed by atoms with Crippen LogP contribution in [0.15, 0.2) is 23.1 Å². The average molecular weight is 313 g/mol. The third-order valence-electron chi connectivity index (χ3n) is 3.83. The van der Waals surface area contributed by atoms with Crippen LogP contribution in [-0.2, 0) is 16.6 Å². The number of hydrogen-bond donors (Lipinski definition) is 2. The molecule has 1 aromatic carbocycles. The lowest BCUT2D eigenvalue weighted by Crippen LogP contribution is -2.48. The standard InChI is InChI=1S/C15H27N3O2S/c1-12-7-8-13(10-16-4)9-14(12)21(19,20)17-11-15(2,3)18(5)6/h7-9,16-17H,10-11H2,1-6H3. The van der Waals surface area contributed by atoms with Crippen LogP contribution in [-0.4, -0.2) is 46.5 Å². The van der Waals surface area contributed by atoms with E-state index in [0.717, 1.165) is 11.1 Å². The molecule has 0 aliphatic carbocycles. The first-order chi connectivity index (χ1) is 9.60. The van der Waals surface area contributed by atoms with Crippen LogP contribution in [0.5, 0.6) is 0 Å². The molecule has 0 saturated heterocycles.